The van der Waals surface area contributed by atoms with Crippen molar-refractivity contribution < 1.29 is 14.6 Å². The SMILES string of the molecule is CC(C)n1cc(C(=O)NCC(O)COc2ccc(Cl)cc2)cn1. The van der Waals surface area contributed by atoms with Crippen LogP contribution in [0.3, 0.4) is 0 Å². The number of nitrogens with zero attached hydrogens (tertiary/aromatic N) is 2. The Bertz CT molecular complexity index is 640. The first kappa shape index (κ1) is 17.3. The van der Waals surface area contributed by atoms with Gasteiger partial charge in [0.15, 0.2) is 0 Å². The van der Waals surface area contributed by atoms with Crippen LogP contribution >= 0.6 is 11.6 Å². The Hall–Kier alpha value is -2.05. The number of hydrogen-bond donors (Lipinski definition) is 2. The molecule has 0 aliphatic heterocycles. The van der Waals surface area contributed by atoms with Crippen LogP contribution in [0.4, 0.5) is 0 Å². The van der Waals surface area contributed by atoms with Crippen LogP contribution in [0.1, 0.15) is 30.2 Å². The predicted molar refractivity (Wildman–Crippen MR) is 87.9 cm³/mol. The van der Waals surface area contributed by atoms with Crippen molar-refractivity contribution in [1.29, 1.82) is 0 Å². The lowest BCUT2D eigenvalue weighted by molar-refractivity contribution is 0.0843. The molecule has 7 heteroatoms. The van der Waals surface area contributed by atoms with Gasteiger partial charge in [0, 0.05) is 23.8 Å². The van der Waals surface area contributed by atoms with Crippen LogP contribution in [0.2, 0.25) is 5.02 Å². The molecule has 23 heavy (non-hydrogen) atoms. The van der Waals surface area contributed by atoms with Crippen molar-refractivity contribution in [2.75, 3.05) is 13.2 Å². The summed E-state index contributed by atoms with van der Waals surface area (Å²) in [5.41, 5.74) is 0.463. The van der Waals surface area contributed by atoms with E-state index >= 15 is 0 Å². The number of aliphatic hydroxyl groups excluding tert-OH is 1. The number of carbonyl (C=O) groups excluding carboxylic acids is 1. The molecule has 124 valence electrons. The molecule has 1 heterocycles. The van der Waals surface area contributed by atoms with Crippen LogP contribution < -0.4 is 10.1 Å². The average Bonchev–Trinajstić information content (AvgIpc) is 3.02. The summed E-state index contributed by atoms with van der Waals surface area (Å²) in [6.45, 7) is 4.13. The molecule has 0 fully saturated rings. The van der Waals surface area contributed by atoms with Crippen molar-refractivity contribution in [3.8, 4) is 5.75 Å². The summed E-state index contributed by atoms with van der Waals surface area (Å²) in [7, 11) is 0. The maximum absolute atomic E-state index is 12.0. The van der Waals surface area contributed by atoms with Crippen LogP contribution in [0, 0.1) is 0 Å². The zero-order valence-corrected chi connectivity index (χ0v) is 13.8. The lowest BCUT2D eigenvalue weighted by Gasteiger charge is -2.13. The molecule has 1 amide bonds. The lowest BCUT2D eigenvalue weighted by atomic mass is 10.3. The van der Waals surface area contributed by atoms with E-state index in [0.29, 0.717) is 16.3 Å². The molecule has 2 aromatic rings. The van der Waals surface area contributed by atoms with Crippen LogP contribution in [-0.2, 0) is 0 Å². The fraction of sp³-hybridized carbons (Fsp3) is 0.375. The molecule has 1 atom stereocenters. The highest BCUT2D eigenvalue weighted by Gasteiger charge is 2.12. The van der Waals surface area contributed by atoms with Gasteiger partial charge < -0.3 is 15.2 Å². The van der Waals surface area contributed by atoms with Crippen molar-refractivity contribution in [2.24, 2.45) is 0 Å². The van der Waals surface area contributed by atoms with Crippen molar-refractivity contribution in [3.63, 3.8) is 0 Å². The average molecular weight is 338 g/mol. The molecule has 0 aliphatic rings. The molecular weight excluding hydrogens is 318 g/mol. The summed E-state index contributed by atoms with van der Waals surface area (Å²) < 4.78 is 7.12. The topological polar surface area (TPSA) is 76.4 Å². The molecular formula is C16H20ClN3O3. The van der Waals surface area contributed by atoms with Gasteiger partial charge in [-0.1, -0.05) is 11.6 Å². The van der Waals surface area contributed by atoms with E-state index in [9.17, 15) is 9.90 Å². The first-order valence-electron chi connectivity index (χ1n) is 7.34. The molecule has 2 rings (SSSR count). The maximum Gasteiger partial charge on any atom is 0.254 e. The second kappa shape index (κ2) is 7.99. The number of ether oxygens (including phenoxy) is 1. The minimum atomic E-state index is -0.810. The third-order valence-electron chi connectivity index (χ3n) is 3.15. The molecule has 6 nitrogen and oxygen atoms in total. The zero-order chi connectivity index (χ0) is 16.8. The van der Waals surface area contributed by atoms with Gasteiger partial charge in [0.05, 0.1) is 11.8 Å². The Morgan fingerprint density at radius 1 is 1.39 bits per heavy atom. The van der Waals surface area contributed by atoms with Gasteiger partial charge in [-0.25, -0.2) is 0 Å². The van der Waals surface area contributed by atoms with Gasteiger partial charge >= 0.3 is 0 Å². The molecule has 0 radical (unpaired) electrons. The third kappa shape index (κ3) is 5.26. The number of carbonyl (C=O) groups is 1. The zero-order valence-electron chi connectivity index (χ0n) is 13.1. The summed E-state index contributed by atoms with van der Waals surface area (Å²) in [5, 5.41) is 17.2. The van der Waals surface area contributed by atoms with Gasteiger partial charge in [-0.15, -0.1) is 0 Å². The van der Waals surface area contributed by atoms with Crippen molar-refractivity contribution in [1.82, 2.24) is 15.1 Å². The van der Waals surface area contributed by atoms with E-state index in [-0.39, 0.29) is 25.1 Å². The number of hydrogen-bond acceptors (Lipinski definition) is 4. The second-order valence-corrected chi connectivity index (χ2v) is 5.87. The first-order chi connectivity index (χ1) is 11.0. The monoisotopic (exact) mass is 337 g/mol. The summed E-state index contributed by atoms with van der Waals surface area (Å²) >= 11 is 5.78. The number of aromatic nitrogens is 2. The Labute approximate surface area is 140 Å². The molecule has 1 aromatic heterocycles. The van der Waals surface area contributed by atoms with Crippen LogP contribution in [0.15, 0.2) is 36.7 Å². The standard InChI is InChI=1S/C16H20ClN3O3/c1-11(2)20-9-12(7-19-20)16(22)18-8-14(21)10-23-15-5-3-13(17)4-6-15/h3-7,9,11,14,21H,8,10H2,1-2H3,(H,18,22). The molecule has 0 bridgehead atoms. The van der Waals surface area contributed by atoms with E-state index in [1.54, 1.807) is 35.1 Å². The van der Waals surface area contributed by atoms with Gasteiger partial charge in [-0.05, 0) is 38.1 Å². The summed E-state index contributed by atoms with van der Waals surface area (Å²) in [4.78, 5) is 12.0. The largest absolute Gasteiger partial charge is 0.491 e. The van der Waals surface area contributed by atoms with Crippen molar-refractivity contribution >= 4 is 17.5 Å². The third-order valence-corrected chi connectivity index (χ3v) is 3.40. The number of benzene rings is 1. The summed E-state index contributed by atoms with van der Waals surface area (Å²) in [6.07, 6.45) is 2.37. The molecule has 2 N–H and O–H groups in total. The Morgan fingerprint density at radius 3 is 2.70 bits per heavy atom. The van der Waals surface area contributed by atoms with Gasteiger partial charge in [0.2, 0.25) is 0 Å². The number of nitrogens with one attached hydrogen (secondary N) is 1. The molecule has 0 saturated carbocycles. The summed E-state index contributed by atoms with van der Waals surface area (Å²) in [6, 6.07) is 7.03. The van der Waals surface area contributed by atoms with E-state index in [0.717, 1.165) is 0 Å². The van der Waals surface area contributed by atoms with Gasteiger partial charge in [0.25, 0.3) is 5.91 Å². The fourth-order valence-electron chi connectivity index (χ4n) is 1.83. The highest BCUT2D eigenvalue weighted by atomic mass is 35.5. The van der Waals surface area contributed by atoms with E-state index < -0.39 is 6.10 Å². The van der Waals surface area contributed by atoms with E-state index in [4.69, 9.17) is 16.3 Å². The van der Waals surface area contributed by atoms with E-state index in [1.807, 2.05) is 13.8 Å². The van der Waals surface area contributed by atoms with Gasteiger partial charge in [0.1, 0.15) is 18.5 Å². The van der Waals surface area contributed by atoms with Crippen LogP contribution in [0.25, 0.3) is 0 Å². The maximum atomic E-state index is 12.0. The Morgan fingerprint density at radius 2 is 2.09 bits per heavy atom. The second-order valence-electron chi connectivity index (χ2n) is 5.43. The number of rotatable bonds is 7. The number of amides is 1. The van der Waals surface area contributed by atoms with Gasteiger partial charge in [-0.3, -0.25) is 9.48 Å². The molecule has 0 aliphatic carbocycles. The minimum absolute atomic E-state index is 0.0766. The number of aliphatic hydroxyl groups is 1. The van der Waals surface area contributed by atoms with Crippen molar-refractivity contribution in [3.05, 3.63) is 47.2 Å². The van der Waals surface area contributed by atoms with Gasteiger partial charge in [-0.2, -0.15) is 5.10 Å². The van der Waals surface area contributed by atoms with Crippen LogP contribution in [0.5, 0.6) is 5.75 Å². The normalized spacial score (nSPS) is 12.2. The molecule has 1 unspecified atom stereocenters. The smallest absolute Gasteiger partial charge is 0.254 e. The summed E-state index contributed by atoms with van der Waals surface area (Å²) in [5.74, 6) is 0.334. The van der Waals surface area contributed by atoms with Crippen molar-refractivity contribution in [2.45, 2.75) is 26.0 Å². The fourth-order valence-corrected chi connectivity index (χ4v) is 1.96. The molecule has 0 spiro atoms. The predicted octanol–water partition coefficient (Wildman–Crippen LogP) is 2.29. The first-order valence-corrected chi connectivity index (χ1v) is 7.72. The lowest BCUT2D eigenvalue weighted by Crippen LogP contribution is -2.35. The quantitative estimate of drug-likeness (QED) is 0.812. The molecule has 1 aromatic carbocycles. The van der Waals surface area contributed by atoms with E-state index in [2.05, 4.69) is 10.4 Å². The van der Waals surface area contributed by atoms with Crippen LogP contribution in [-0.4, -0.2) is 40.0 Å². The Kier molecular flexibility index (Phi) is 6.01. The highest BCUT2D eigenvalue weighted by Crippen LogP contribution is 2.15. The highest BCUT2D eigenvalue weighted by molar-refractivity contribution is 6.30. The molecule has 0 saturated heterocycles. The van der Waals surface area contributed by atoms with E-state index in [1.165, 1.54) is 6.20 Å². The minimum Gasteiger partial charge on any atom is -0.491 e. The Balaban J connectivity index is 1.75. The number of halogens is 1.